The van der Waals surface area contributed by atoms with Crippen LogP contribution in [0.1, 0.15) is 29.7 Å². The Hall–Kier alpha value is -1.03. The van der Waals surface area contributed by atoms with Crippen molar-refractivity contribution in [3.05, 3.63) is 34.9 Å². The van der Waals surface area contributed by atoms with E-state index in [1.807, 2.05) is 0 Å². The van der Waals surface area contributed by atoms with Crippen molar-refractivity contribution in [2.75, 3.05) is 0 Å². The van der Waals surface area contributed by atoms with E-state index >= 15 is 0 Å². The summed E-state index contributed by atoms with van der Waals surface area (Å²) in [6.07, 6.45) is -4.30. The Kier molecular flexibility index (Phi) is 2.85. The maximum Gasteiger partial charge on any atom is 0.416 e. The van der Waals surface area contributed by atoms with Crippen molar-refractivity contribution in [2.45, 2.75) is 26.1 Å². The molecule has 0 aliphatic rings. The highest BCUT2D eigenvalue weighted by Crippen LogP contribution is 2.33. The van der Waals surface area contributed by atoms with Crippen LogP contribution in [0.2, 0.25) is 0 Å². The molecule has 1 atom stereocenters. The summed E-state index contributed by atoms with van der Waals surface area (Å²) in [4.78, 5) is 0. The highest BCUT2D eigenvalue weighted by Gasteiger charge is 2.32. The van der Waals surface area contributed by atoms with Crippen LogP contribution >= 0.6 is 0 Å². The fourth-order valence-corrected chi connectivity index (χ4v) is 1.45. The van der Waals surface area contributed by atoms with Crippen LogP contribution in [-0.4, -0.2) is 0 Å². The van der Waals surface area contributed by atoms with E-state index in [1.54, 1.807) is 13.0 Å². The summed E-state index contributed by atoms with van der Waals surface area (Å²) in [6, 6.07) is 3.70. The van der Waals surface area contributed by atoms with Gasteiger partial charge >= 0.3 is 6.18 Å². The lowest BCUT2D eigenvalue weighted by Crippen LogP contribution is -2.13. The van der Waals surface area contributed by atoms with Gasteiger partial charge in [0.25, 0.3) is 0 Å². The second-order valence-electron chi connectivity index (χ2n) is 3.31. The largest absolute Gasteiger partial charge is 0.416 e. The van der Waals surface area contributed by atoms with E-state index in [9.17, 15) is 13.2 Å². The molecule has 0 heterocycles. The minimum absolute atomic E-state index is 0.218. The van der Waals surface area contributed by atoms with E-state index in [0.717, 1.165) is 6.07 Å². The molecule has 0 radical (unpaired) electrons. The predicted molar refractivity (Wildman–Crippen MR) is 48.8 cm³/mol. The normalized spacial score (nSPS) is 14.1. The molecule has 0 aromatic heterocycles. The first-order valence-electron chi connectivity index (χ1n) is 4.26. The third-order valence-corrected chi connectivity index (χ3v) is 2.17. The van der Waals surface area contributed by atoms with Gasteiger partial charge in [0.15, 0.2) is 0 Å². The molecule has 1 rings (SSSR count). The van der Waals surface area contributed by atoms with Gasteiger partial charge in [-0.3, -0.25) is 0 Å². The van der Waals surface area contributed by atoms with Gasteiger partial charge in [0, 0.05) is 6.04 Å². The SMILES string of the molecule is Cc1c(C(C)N)cccc1C(F)(F)F. The number of alkyl halides is 3. The average molecular weight is 203 g/mol. The summed E-state index contributed by atoms with van der Waals surface area (Å²) in [6.45, 7) is 3.12. The Morgan fingerprint density at radius 1 is 1.29 bits per heavy atom. The fraction of sp³-hybridized carbons (Fsp3) is 0.400. The highest BCUT2D eigenvalue weighted by molar-refractivity contribution is 5.37. The third kappa shape index (κ3) is 2.07. The number of hydrogen-bond acceptors (Lipinski definition) is 1. The molecule has 0 bridgehead atoms. The molecule has 0 fully saturated rings. The minimum Gasteiger partial charge on any atom is -0.324 e. The van der Waals surface area contributed by atoms with Crippen LogP contribution in [0.5, 0.6) is 0 Å². The maximum atomic E-state index is 12.5. The van der Waals surface area contributed by atoms with Crippen molar-refractivity contribution >= 4 is 0 Å². The van der Waals surface area contributed by atoms with Crippen molar-refractivity contribution in [2.24, 2.45) is 5.73 Å². The first-order valence-corrected chi connectivity index (χ1v) is 4.26. The molecular formula is C10H12F3N. The Labute approximate surface area is 80.7 Å². The topological polar surface area (TPSA) is 26.0 Å². The van der Waals surface area contributed by atoms with Crippen molar-refractivity contribution in [1.29, 1.82) is 0 Å². The van der Waals surface area contributed by atoms with Crippen LogP contribution in [0.15, 0.2) is 18.2 Å². The fourth-order valence-electron chi connectivity index (χ4n) is 1.45. The molecule has 1 aromatic rings. The molecule has 0 saturated heterocycles. The maximum absolute atomic E-state index is 12.5. The average Bonchev–Trinajstić information content (AvgIpc) is 2.01. The highest BCUT2D eigenvalue weighted by atomic mass is 19.4. The number of nitrogens with two attached hydrogens (primary N) is 1. The van der Waals surface area contributed by atoms with E-state index in [0.29, 0.717) is 5.56 Å². The van der Waals surface area contributed by atoms with Gasteiger partial charge in [-0.25, -0.2) is 0 Å². The number of halogens is 3. The van der Waals surface area contributed by atoms with Gasteiger partial charge in [-0.05, 0) is 31.0 Å². The van der Waals surface area contributed by atoms with Crippen LogP contribution in [-0.2, 0) is 6.18 Å². The molecule has 0 aliphatic carbocycles. The molecule has 2 N–H and O–H groups in total. The summed E-state index contributed by atoms with van der Waals surface area (Å²) >= 11 is 0. The number of benzene rings is 1. The molecular weight excluding hydrogens is 191 g/mol. The molecule has 0 aliphatic heterocycles. The van der Waals surface area contributed by atoms with Gasteiger partial charge < -0.3 is 5.73 Å². The van der Waals surface area contributed by atoms with Gasteiger partial charge in [-0.2, -0.15) is 13.2 Å². The molecule has 78 valence electrons. The van der Waals surface area contributed by atoms with Gasteiger partial charge in [0.05, 0.1) is 5.56 Å². The van der Waals surface area contributed by atoms with E-state index in [2.05, 4.69) is 0 Å². The van der Waals surface area contributed by atoms with Crippen molar-refractivity contribution in [3.63, 3.8) is 0 Å². The van der Waals surface area contributed by atoms with Crippen LogP contribution in [0.25, 0.3) is 0 Å². The van der Waals surface area contributed by atoms with E-state index in [4.69, 9.17) is 5.73 Å². The molecule has 1 nitrogen and oxygen atoms in total. The molecule has 0 saturated carbocycles. The lowest BCUT2D eigenvalue weighted by molar-refractivity contribution is -0.138. The molecule has 14 heavy (non-hydrogen) atoms. The van der Waals surface area contributed by atoms with Gasteiger partial charge in [-0.15, -0.1) is 0 Å². The molecule has 1 unspecified atom stereocenters. The monoisotopic (exact) mass is 203 g/mol. The lowest BCUT2D eigenvalue weighted by atomic mass is 9.98. The van der Waals surface area contributed by atoms with Gasteiger partial charge in [0.2, 0.25) is 0 Å². The molecule has 0 spiro atoms. The van der Waals surface area contributed by atoms with Gasteiger partial charge in [0.1, 0.15) is 0 Å². The molecule has 0 amide bonds. The second-order valence-corrected chi connectivity index (χ2v) is 3.31. The van der Waals surface area contributed by atoms with E-state index in [-0.39, 0.29) is 11.6 Å². The Bertz CT molecular complexity index is 329. The number of hydrogen-bond donors (Lipinski definition) is 1. The molecule has 4 heteroatoms. The first-order chi connectivity index (χ1) is 6.34. The minimum atomic E-state index is -4.30. The Balaban J connectivity index is 3.28. The van der Waals surface area contributed by atoms with E-state index in [1.165, 1.54) is 13.0 Å². The van der Waals surface area contributed by atoms with Crippen LogP contribution in [0, 0.1) is 6.92 Å². The zero-order valence-electron chi connectivity index (χ0n) is 8.02. The summed E-state index contributed by atoms with van der Waals surface area (Å²) in [5, 5.41) is 0. The van der Waals surface area contributed by atoms with E-state index < -0.39 is 11.7 Å². The lowest BCUT2D eigenvalue weighted by Gasteiger charge is -2.15. The summed E-state index contributed by atoms with van der Waals surface area (Å²) in [5.41, 5.74) is 5.71. The van der Waals surface area contributed by atoms with Crippen molar-refractivity contribution < 1.29 is 13.2 Å². The Morgan fingerprint density at radius 2 is 1.86 bits per heavy atom. The third-order valence-electron chi connectivity index (χ3n) is 2.17. The zero-order chi connectivity index (χ0) is 10.9. The summed E-state index contributed by atoms with van der Waals surface area (Å²) < 4.78 is 37.4. The smallest absolute Gasteiger partial charge is 0.324 e. The zero-order valence-corrected chi connectivity index (χ0v) is 8.02. The predicted octanol–water partition coefficient (Wildman–Crippen LogP) is 3.03. The standard InChI is InChI=1S/C10H12F3N/c1-6-8(7(2)14)4-3-5-9(6)10(11,12)13/h3-5,7H,14H2,1-2H3. The quantitative estimate of drug-likeness (QED) is 0.745. The Morgan fingerprint density at radius 3 is 2.29 bits per heavy atom. The second kappa shape index (κ2) is 3.61. The van der Waals surface area contributed by atoms with Gasteiger partial charge in [-0.1, -0.05) is 12.1 Å². The van der Waals surface area contributed by atoms with Crippen LogP contribution < -0.4 is 5.73 Å². The molecule has 1 aromatic carbocycles. The van der Waals surface area contributed by atoms with Crippen LogP contribution in [0.3, 0.4) is 0 Å². The van der Waals surface area contributed by atoms with Crippen molar-refractivity contribution in [3.8, 4) is 0 Å². The van der Waals surface area contributed by atoms with Crippen molar-refractivity contribution in [1.82, 2.24) is 0 Å². The number of rotatable bonds is 1. The first kappa shape index (κ1) is 11.0. The summed E-state index contributed by atoms with van der Waals surface area (Å²) in [5.74, 6) is 0. The summed E-state index contributed by atoms with van der Waals surface area (Å²) in [7, 11) is 0. The van der Waals surface area contributed by atoms with Crippen LogP contribution in [0.4, 0.5) is 13.2 Å².